The van der Waals surface area contributed by atoms with Crippen LogP contribution in [0.2, 0.25) is 0 Å². The SMILES string of the molecule is CCN=C=NCCCN(C)C.C[S+](C)[O-].Cl.O=C(O)C(Cl)Cl. The quantitative estimate of drug-likeness (QED) is 0.322. The summed E-state index contributed by atoms with van der Waals surface area (Å²) in [6.45, 7) is 4.67. The van der Waals surface area contributed by atoms with Crippen LogP contribution in [-0.2, 0) is 16.0 Å². The highest BCUT2D eigenvalue weighted by Crippen LogP contribution is 1.98. The number of alkyl halides is 2. The summed E-state index contributed by atoms with van der Waals surface area (Å²) in [5.74, 6) is -1.21. The smallest absolute Gasteiger partial charge is 0.337 e. The third-order valence-electron chi connectivity index (χ3n) is 1.36. The Labute approximate surface area is 152 Å². The zero-order valence-electron chi connectivity index (χ0n) is 13.6. The topological polar surface area (TPSA) is 88.3 Å². The molecule has 0 saturated carbocycles. The van der Waals surface area contributed by atoms with Crippen molar-refractivity contribution < 1.29 is 14.5 Å². The fraction of sp³-hybridized carbons (Fsp3) is 0.833. The molecule has 0 bridgehead atoms. The largest absolute Gasteiger partial charge is 0.617 e. The minimum absolute atomic E-state index is 0. The second-order valence-corrected chi connectivity index (χ2v) is 6.57. The van der Waals surface area contributed by atoms with Crippen LogP contribution in [0.15, 0.2) is 9.98 Å². The summed E-state index contributed by atoms with van der Waals surface area (Å²) in [7, 11) is 4.12. The standard InChI is InChI=1S/C8H17N3.C2H2Cl2O2.C2H6OS.ClH/c1-4-9-8-10-6-5-7-11(2)3;3-1(4)2(5)6;1-4(2)3;/h4-7H2,1-3H3;1H,(H,5,6);1-2H3;1H. The predicted molar refractivity (Wildman–Crippen MR) is 98.8 cm³/mol. The van der Waals surface area contributed by atoms with Gasteiger partial charge in [-0.1, -0.05) is 34.4 Å². The maximum absolute atomic E-state index is 9.56. The van der Waals surface area contributed by atoms with Gasteiger partial charge in [-0.2, -0.15) is 0 Å². The summed E-state index contributed by atoms with van der Waals surface area (Å²) < 4.78 is 9.56. The summed E-state index contributed by atoms with van der Waals surface area (Å²) in [4.78, 5) is 18.1. The number of aliphatic carboxylic acids is 1. The maximum Gasteiger partial charge on any atom is 0.337 e. The van der Waals surface area contributed by atoms with Gasteiger partial charge in [0, 0.05) is 6.54 Å². The molecule has 134 valence electrons. The van der Waals surface area contributed by atoms with E-state index in [1.165, 1.54) is 0 Å². The number of aliphatic imine (C=N–C) groups is 2. The third kappa shape index (κ3) is 50.1. The lowest BCUT2D eigenvalue weighted by atomic mass is 10.4. The first-order valence-corrected chi connectivity index (χ1v) is 8.97. The molecule has 0 spiro atoms. The van der Waals surface area contributed by atoms with Crippen molar-refractivity contribution in [3.05, 3.63) is 0 Å². The van der Waals surface area contributed by atoms with Crippen LogP contribution in [0.3, 0.4) is 0 Å². The Morgan fingerprint density at radius 2 is 1.77 bits per heavy atom. The molecule has 0 heterocycles. The average molecular weight is 399 g/mol. The molecule has 0 aromatic carbocycles. The fourth-order valence-corrected chi connectivity index (χ4v) is 0.637. The van der Waals surface area contributed by atoms with E-state index in [1.807, 2.05) is 6.92 Å². The normalized spacial score (nSPS) is 8.86. The van der Waals surface area contributed by atoms with Crippen molar-refractivity contribution in [3.8, 4) is 0 Å². The summed E-state index contributed by atoms with van der Waals surface area (Å²) in [6, 6.07) is 2.64. The van der Waals surface area contributed by atoms with Crippen molar-refractivity contribution in [3.63, 3.8) is 0 Å². The molecule has 0 unspecified atom stereocenters. The van der Waals surface area contributed by atoms with E-state index < -0.39 is 22.0 Å². The van der Waals surface area contributed by atoms with Gasteiger partial charge < -0.3 is 14.6 Å². The van der Waals surface area contributed by atoms with Crippen molar-refractivity contribution in [2.24, 2.45) is 9.98 Å². The molecule has 0 radical (unpaired) electrons. The minimum atomic E-state index is -1.29. The number of nitrogens with zero attached hydrogens (tertiary/aromatic N) is 3. The van der Waals surface area contributed by atoms with E-state index in [1.54, 1.807) is 12.5 Å². The van der Waals surface area contributed by atoms with Crippen molar-refractivity contribution in [2.75, 3.05) is 46.2 Å². The van der Waals surface area contributed by atoms with Crippen LogP contribution in [0.25, 0.3) is 0 Å². The number of rotatable bonds is 6. The first-order chi connectivity index (χ1) is 9.64. The molecule has 0 amide bonds. The van der Waals surface area contributed by atoms with Crippen LogP contribution in [0.5, 0.6) is 0 Å². The summed E-state index contributed by atoms with van der Waals surface area (Å²) in [5.41, 5.74) is 0. The molecular formula is C12H26Cl3N3O3S. The van der Waals surface area contributed by atoms with E-state index in [-0.39, 0.29) is 12.4 Å². The lowest BCUT2D eigenvalue weighted by Crippen LogP contribution is -2.13. The maximum atomic E-state index is 9.56. The molecule has 22 heavy (non-hydrogen) atoms. The number of carboxylic acids is 1. The fourth-order valence-electron chi connectivity index (χ4n) is 0.637. The molecule has 0 saturated heterocycles. The second-order valence-electron chi connectivity index (χ2n) is 3.99. The van der Waals surface area contributed by atoms with Gasteiger partial charge in [0.25, 0.3) is 0 Å². The number of carboxylic acid groups (broad SMARTS) is 1. The monoisotopic (exact) mass is 397 g/mol. The Kier molecular flexibility index (Phi) is 31.6. The predicted octanol–water partition coefficient (Wildman–Crippen LogP) is 2.42. The van der Waals surface area contributed by atoms with Gasteiger partial charge >= 0.3 is 5.97 Å². The molecule has 6 nitrogen and oxygen atoms in total. The van der Waals surface area contributed by atoms with E-state index in [0.717, 1.165) is 26.1 Å². The molecule has 0 fully saturated rings. The van der Waals surface area contributed by atoms with Gasteiger partial charge in [-0.05, 0) is 34.0 Å². The summed E-state index contributed by atoms with van der Waals surface area (Å²) >= 11 is 8.95. The molecule has 0 aliphatic carbocycles. The number of halogens is 3. The van der Waals surface area contributed by atoms with Crippen LogP contribution in [0, 0.1) is 0 Å². The van der Waals surface area contributed by atoms with Gasteiger partial charge in [-0.3, -0.25) is 0 Å². The molecule has 0 aromatic heterocycles. The van der Waals surface area contributed by atoms with Crippen LogP contribution < -0.4 is 0 Å². The van der Waals surface area contributed by atoms with Crippen molar-refractivity contribution in [2.45, 2.75) is 18.2 Å². The number of hydrogen-bond acceptors (Lipinski definition) is 5. The minimum Gasteiger partial charge on any atom is -0.617 e. The molecule has 0 rings (SSSR count). The Hall–Kier alpha value is -0.0100. The van der Waals surface area contributed by atoms with E-state index >= 15 is 0 Å². The summed E-state index contributed by atoms with van der Waals surface area (Å²) in [6.07, 6.45) is 4.36. The lowest BCUT2D eigenvalue weighted by Gasteiger charge is -2.05. The van der Waals surface area contributed by atoms with E-state index in [4.69, 9.17) is 28.3 Å². The van der Waals surface area contributed by atoms with Crippen LogP contribution in [0.1, 0.15) is 13.3 Å². The zero-order chi connectivity index (χ0) is 17.3. The average Bonchev–Trinajstić information content (AvgIpc) is 2.33. The molecule has 10 heteroatoms. The zero-order valence-corrected chi connectivity index (χ0v) is 16.7. The van der Waals surface area contributed by atoms with Crippen LogP contribution >= 0.6 is 35.6 Å². The molecule has 0 aromatic rings. The van der Waals surface area contributed by atoms with Crippen LogP contribution in [0.4, 0.5) is 0 Å². The van der Waals surface area contributed by atoms with Crippen molar-refractivity contribution in [1.29, 1.82) is 0 Å². The van der Waals surface area contributed by atoms with Gasteiger partial charge in [0.05, 0.1) is 25.1 Å². The van der Waals surface area contributed by atoms with Crippen LogP contribution in [-0.4, -0.2) is 77.6 Å². The number of hydrogen-bond donors (Lipinski definition) is 1. The van der Waals surface area contributed by atoms with Crippen molar-refractivity contribution >= 4 is 58.8 Å². The molecule has 0 aliphatic heterocycles. The van der Waals surface area contributed by atoms with Gasteiger partial charge in [-0.25, -0.2) is 14.8 Å². The highest BCUT2D eigenvalue weighted by Gasteiger charge is 2.05. The lowest BCUT2D eigenvalue weighted by molar-refractivity contribution is -0.135. The van der Waals surface area contributed by atoms with E-state index in [9.17, 15) is 9.35 Å². The number of carbonyl (C=O) groups is 1. The third-order valence-corrected chi connectivity index (χ3v) is 1.73. The van der Waals surface area contributed by atoms with Crippen molar-refractivity contribution in [1.82, 2.24) is 4.90 Å². The van der Waals surface area contributed by atoms with Gasteiger partial charge in [0.15, 0.2) is 0 Å². The Bertz CT molecular complexity index is 298. The summed E-state index contributed by atoms with van der Waals surface area (Å²) in [5, 5.41) is 7.73. The first-order valence-electron chi connectivity index (χ1n) is 6.13. The first kappa shape index (κ1) is 29.9. The molecule has 0 aliphatic rings. The van der Waals surface area contributed by atoms with E-state index in [0.29, 0.717) is 0 Å². The van der Waals surface area contributed by atoms with Gasteiger partial charge in [0.1, 0.15) is 0 Å². The Morgan fingerprint density at radius 3 is 2.05 bits per heavy atom. The molecular weight excluding hydrogens is 373 g/mol. The molecule has 1 N–H and O–H groups in total. The molecule has 0 atom stereocenters. The van der Waals surface area contributed by atoms with E-state index in [2.05, 4.69) is 35.0 Å². The van der Waals surface area contributed by atoms with Gasteiger partial charge in [0.2, 0.25) is 4.84 Å². The Morgan fingerprint density at radius 1 is 1.36 bits per heavy atom. The highest BCUT2D eigenvalue weighted by atomic mass is 35.5. The van der Waals surface area contributed by atoms with Gasteiger partial charge in [-0.15, -0.1) is 12.4 Å². The highest BCUT2D eigenvalue weighted by molar-refractivity contribution is 7.89. The Balaban J connectivity index is -0.000000125. The second kappa shape index (κ2) is 23.3.